The van der Waals surface area contributed by atoms with E-state index in [9.17, 15) is 14.4 Å². The van der Waals surface area contributed by atoms with E-state index in [-0.39, 0.29) is 25.2 Å². The fourth-order valence-corrected chi connectivity index (χ4v) is 8.19. The van der Waals surface area contributed by atoms with Crippen LogP contribution < -0.4 is 9.47 Å². The molecule has 7 nitrogen and oxygen atoms in total. The summed E-state index contributed by atoms with van der Waals surface area (Å²) in [6.07, 6.45) is 7.02. The Kier molecular flexibility index (Phi) is 8.79. The number of ether oxygens (including phenoxy) is 4. The zero-order valence-electron chi connectivity index (χ0n) is 26.3. The third-order valence-corrected chi connectivity index (χ3v) is 9.93. The van der Waals surface area contributed by atoms with Crippen LogP contribution in [0, 0.1) is 17.8 Å². The van der Waals surface area contributed by atoms with Crippen molar-refractivity contribution in [1.82, 2.24) is 0 Å². The Morgan fingerprint density at radius 3 is 1.77 bits per heavy atom. The van der Waals surface area contributed by atoms with Crippen LogP contribution in [0.2, 0.25) is 0 Å². The van der Waals surface area contributed by atoms with Crippen molar-refractivity contribution in [2.45, 2.75) is 57.2 Å². The second-order valence-corrected chi connectivity index (χ2v) is 13.3. The molecule has 0 aliphatic heterocycles. The quantitative estimate of drug-likeness (QED) is 0.123. The van der Waals surface area contributed by atoms with Crippen LogP contribution in [0.25, 0.3) is 0 Å². The van der Waals surface area contributed by atoms with Gasteiger partial charge in [0.15, 0.2) is 6.61 Å². The molecular weight excluding hydrogens is 592 g/mol. The highest BCUT2D eigenvalue weighted by Crippen LogP contribution is 2.62. The molecule has 0 unspecified atom stereocenters. The van der Waals surface area contributed by atoms with Crippen molar-refractivity contribution >= 4 is 17.9 Å². The second-order valence-electron chi connectivity index (χ2n) is 13.3. The van der Waals surface area contributed by atoms with E-state index < -0.39 is 17.9 Å². The second kappa shape index (κ2) is 13.4. The molecular formula is C40H38O7. The highest BCUT2D eigenvalue weighted by molar-refractivity contribution is 5.92. The lowest BCUT2D eigenvalue weighted by atomic mass is 9.48. The van der Waals surface area contributed by atoms with Gasteiger partial charge in [-0.2, -0.15) is 0 Å². The summed E-state index contributed by atoms with van der Waals surface area (Å²) in [6.45, 7) is 0.151. The Labute approximate surface area is 274 Å². The van der Waals surface area contributed by atoms with Crippen LogP contribution in [0.3, 0.4) is 0 Å². The van der Waals surface area contributed by atoms with Crippen LogP contribution in [-0.4, -0.2) is 24.5 Å². The molecule has 4 saturated carbocycles. The standard InChI is InChI=1S/C40H38O7/c41-37(45-24-27-7-3-1-4-8-27)26-44-36-16-13-33(20-35(36)40-21-29-17-30(22-40)19-31(18-29)23-40)39(43)47-34-14-11-32(12-15-34)38(42)46-25-28-9-5-2-6-10-28/h1-16,20,29-31H,17-19,21-26H2. The maximum Gasteiger partial charge on any atom is 0.344 e. The average molecular weight is 631 g/mol. The van der Waals surface area contributed by atoms with Crippen molar-refractivity contribution in [1.29, 1.82) is 0 Å². The third-order valence-electron chi connectivity index (χ3n) is 9.93. The smallest absolute Gasteiger partial charge is 0.344 e. The van der Waals surface area contributed by atoms with Crippen LogP contribution in [0.15, 0.2) is 103 Å². The van der Waals surface area contributed by atoms with Gasteiger partial charge in [0.1, 0.15) is 24.7 Å². The first-order valence-electron chi connectivity index (χ1n) is 16.4. The van der Waals surface area contributed by atoms with Gasteiger partial charge in [0.25, 0.3) is 0 Å². The highest BCUT2D eigenvalue weighted by atomic mass is 16.6. The lowest BCUT2D eigenvalue weighted by Crippen LogP contribution is -2.48. The zero-order chi connectivity index (χ0) is 32.2. The van der Waals surface area contributed by atoms with E-state index in [1.165, 1.54) is 19.3 Å². The summed E-state index contributed by atoms with van der Waals surface area (Å²) in [4.78, 5) is 38.6. The molecule has 0 heterocycles. The van der Waals surface area contributed by atoms with E-state index in [2.05, 4.69) is 0 Å². The van der Waals surface area contributed by atoms with E-state index in [4.69, 9.17) is 18.9 Å². The molecule has 0 atom stereocenters. The first-order valence-corrected chi connectivity index (χ1v) is 16.4. The van der Waals surface area contributed by atoms with Gasteiger partial charge in [0.05, 0.1) is 11.1 Å². The number of rotatable bonds is 11. The Morgan fingerprint density at radius 1 is 0.617 bits per heavy atom. The molecule has 7 heteroatoms. The molecule has 47 heavy (non-hydrogen) atoms. The van der Waals surface area contributed by atoms with Gasteiger partial charge in [-0.1, -0.05) is 60.7 Å². The number of hydrogen-bond donors (Lipinski definition) is 0. The number of benzene rings is 4. The minimum atomic E-state index is -0.496. The number of carbonyl (C=O) groups excluding carboxylic acids is 3. The van der Waals surface area contributed by atoms with Crippen molar-refractivity contribution < 1.29 is 33.3 Å². The highest BCUT2D eigenvalue weighted by Gasteiger charge is 2.52. The van der Waals surface area contributed by atoms with E-state index in [0.717, 1.165) is 36.0 Å². The molecule has 4 aromatic carbocycles. The van der Waals surface area contributed by atoms with E-state index in [1.807, 2.05) is 66.7 Å². The summed E-state index contributed by atoms with van der Waals surface area (Å²) in [5.41, 5.74) is 3.50. The summed E-state index contributed by atoms with van der Waals surface area (Å²) in [6, 6.07) is 30.8. The molecule has 4 aliphatic rings. The molecule has 4 aliphatic carbocycles. The molecule has 0 spiro atoms. The van der Waals surface area contributed by atoms with Crippen LogP contribution in [-0.2, 0) is 32.9 Å². The predicted molar refractivity (Wildman–Crippen MR) is 175 cm³/mol. The minimum absolute atomic E-state index is 0.0872. The number of hydrogen-bond acceptors (Lipinski definition) is 7. The van der Waals surface area contributed by atoms with E-state index in [1.54, 1.807) is 36.4 Å². The van der Waals surface area contributed by atoms with E-state index >= 15 is 0 Å². The first kappa shape index (κ1) is 30.7. The number of esters is 3. The Hall–Kier alpha value is -4.91. The molecule has 0 saturated heterocycles. The summed E-state index contributed by atoms with van der Waals surface area (Å²) in [5, 5.41) is 0. The lowest BCUT2D eigenvalue weighted by Gasteiger charge is -2.57. The largest absolute Gasteiger partial charge is 0.482 e. The summed E-state index contributed by atoms with van der Waals surface area (Å²) >= 11 is 0. The van der Waals surface area contributed by atoms with Gasteiger partial charge in [0.2, 0.25) is 0 Å². The van der Waals surface area contributed by atoms with Crippen molar-refractivity contribution in [3.05, 3.63) is 131 Å². The first-order chi connectivity index (χ1) is 22.9. The topological polar surface area (TPSA) is 88.1 Å². The lowest BCUT2D eigenvalue weighted by molar-refractivity contribution is -0.147. The molecule has 0 aromatic heterocycles. The minimum Gasteiger partial charge on any atom is -0.482 e. The Morgan fingerprint density at radius 2 is 1.17 bits per heavy atom. The maximum absolute atomic E-state index is 13.4. The number of carbonyl (C=O) groups is 3. The van der Waals surface area contributed by atoms with E-state index in [0.29, 0.717) is 40.4 Å². The monoisotopic (exact) mass is 630 g/mol. The van der Waals surface area contributed by atoms with Gasteiger partial charge in [-0.05, 0) is 115 Å². The van der Waals surface area contributed by atoms with Gasteiger partial charge >= 0.3 is 17.9 Å². The molecule has 0 N–H and O–H groups in total. The Balaban J connectivity index is 1.05. The van der Waals surface area contributed by atoms with Crippen molar-refractivity contribution in [2.75, 3.05) is 6.61 Å². The molecule has 4 aromatic rings. The van der Waals surface area contributed by atoms with Gasteiger partial charge in [-0.25, -0.2) is 14.4 Å². The van der Waals surface area contributed by atoms with Gasteiger partial charge in [-0.15, -0.1) is 0 Å². The normalized spacial score (nSPS) is 22.3. The van der Waals surface area contributed by atoms with Crippen molar-refractivity contribution in [3.8, 4) is 11.5 Å². The van der Waals surface area contributed by atoms with Gasteiger partial charge in [0, 0.05) is 5.56 Å². The molecule has 0 radical (unpaired) electrons. The summed E-state index contributed by atoms with van der Waals surface area (Å²) in [5.74, 6) is 1.60. The maximum atomic E-state index is 13.4. The molecule has 240 valence electrons. The van der Waals surface area contributed by atoms with Gasteiger partial charge < -0.3 is 18.9 Å². The van der Waals surface area contributed by atoms with Crippen molar-refractivity contribution in [3.63, 3.8) is 0 Å². The van der Waals surface area contributed by atoms with Crippen LogP contribution in [0.4, 0.5) is 0 Å². The van der Waals surface area contributed by atoms with Crippen LogP contribution in [0.1, 0.15) is 75.9 Å². The van der Waals surface area contributed by atoms with Crippen molar-refractivity contribution in [2.24, 2.45) is 17.8 Å². The van der Waals surface area contributed by atoms with Crippen LogP contribution >= 0.6 is 0 Å². The predicted octanol–water partition coefficient (Wildman–Crippen LogP) is 7.85. The fourth-order valence-electron chi connectivity index (χ4n) is 8.19. The van der Waals surface area contributed by atoms with Gasteiger partial charge in [-0.3, -0.25) is 0 Å². The summed E-state index contributed by atoms with van der Waals surface area (Å²) in [7, 11) is 0. The molecule has 8 rings (SSSR count). The fraction of sp³-hybridized carbons (Fsp3) is 0.325. The van der Waals surface area contributed by atoms with Crippen LogP contribution in [0.5, 0.6) is 11.5 Å². The third kappa shape index (κ3) is 7.09. The molecule has 4 fully saturated rings. The Bertz CT molecular complexity index is 1690. The average Bonchev–Trinajstić information content (AvgIpc) is 3.09. The summed E-state index contributed by atoms with van der Waals surface area (Å²) < 4.78 is 22.8. The molecule has 0 amide bonds. The molecule has 4 bridgehead atoms. The zero-order valence-corrected chi connectivity index (χ0v) is 26.3. The SMILES string of the molecule is O=C(COc1ccc(C(=O)Oc2ccc(C(=O)OCc3ccccc3)cc2)cc1C12CC3CC(CC(C3)C1)C2)OCc1ccccc1.